The van der Waals surface area contributed by atoms with Crippen molar-refractivity contribution >= 4 is 5.91 Å². The average molecular weight is 405 g/mol. The number of methoxy groups -OCH3 is 1. The SMILES string of the molecule is CO[C@@H](C)CNC(=O)C12CCC(c3ccc(OC/C(=C/F)CN)cc3)(CC1)CC2. The van der Waals surface area contributed by atoms with E-state index in [-0.39, 0.29) is 36.0 Å². The molecule has 3 saturated carbocycles. The van der Waals surface area contributed by atoms with E-state index in [1.807, 2.05) is 19.1 Å². The average Bonchev–Trinajstić information content (AvgIpc) is 2.79. The van der Waals surface area contributed by atoms with Gasteiger partial charge in [-0.1, -0.05) is 12.1 Å². The van der Waals surface area contributed by atoms with E-state index < -0.39 is 0 Å². The minimum Gasteiger partial charge on any atom is -0.489 e. The summed E-state index contributed by atoms with van der Waals surface area (Å²) in [5.41, 5.74) is 7.14. The second-order valence-electron chi connectivity index (χ2n) is 8.60. The molecular weight excluding hydrogens is 371 g/mol. The largest absolute Gasteiger partial charge is 0.489 e. The van der Waals surface area contributed by atoms with Gasteiger partial charge in [0, 0.05) is 31.2 Å². The molecule has 3 N–H and O–H groups in total. The Bertz CT molecular complexity index is 708. The third kappa shape index (κ3) is 4.64. The molecule has 6 heteroatoms. The first-order valence-corrected chi connectivity index (χ1v) is 10.5. The highest BCUT2D eigenvalue weighted by Crippen LogP contribution is 2.57. The van der Waals surface area contributed by atoms with Gasteiger partial charge in [0.25, 0.3) is 0 Å². The van der Waals surface area contributed by atoms with Crippen LogP contribution in [-0.4, -0.2) is 38.8 Å². The number of carbonyl (C=O) groups excluding carboxylic acids is 1. The van der Waals surface area contributed by atoms with Gasteiger partial charge in [0.05, 0.1) is 12.4 Å². The Balaban J connectivity index is 1.59. The number of nitrogens with one attached hydrogen (secondary N) is 1. The van der Waals surface area contributed by atoms with Gasteiger partial charge in [-0.15, -0.1) is 0 Å². The highest BCUT2D eigenvalue weighted by atomic mass is 19.1. The predicted molar refractivity (Wildman–Crippen MR) is 111 cm³/mol. The van der Waals surface area contributed by atoms with Gasteiger partial charge in [0.15, 0.2) is 0 Å². The molecule has 160 valence electrons. The fourth-order valence-corrected chi connectivity index (χ4v) is 4.68. The van der Waals surface area contributed by atoms with E-state index in [4.69, 9.17) is 15.2 Å². The van der Waals surface area contributed by atoms with Gasteiger partial charge in [-0.2, -0.15) is 0 Å². The summed E-state index contributed by atoms with van der Waals surface area (Å²) in [4.78, 5) is 12.8. The number of halogens is 1. The molecule has 0 radical (unpaired) electrons. The van der Waals surface area contributed by atoms with E-state index in [0.29, 0.717) is 24.2 Å². The van der Waals surface area contributed by atoms with Crippen molar-refractivity contribution in [2.45, 2.75) is 57.0 Å². The number of rotatable bonds is 9. The first-order valence-electron chi connectivity index (χ1n) is 10.5. The molecule has 0 unspecified atom stereocenters. The minimum atomic E-state index is -0.213. The Morgan fingerprint density at radius 1 is 1.21 bits per heavy atom. The van der Waals surface area contributed by atoms with Gasteiger partial charge < -0.3 is 20.5 Å². The molecule has 5 nitrogen and oxygen atoms in total. The van der Waals surface area contributed by atoms with Crippen LogP contribution in [0.4, 0.5) is 4.39 Å². The first-order chi connectivity index (χ1) is 14.0. The van der Waals surface area contributed by atoms with Crippen LogP contribution < -0.4 is 15.8 Å². The van der Waals surface area contributed by atoms with Gasteiger partial charge in [-0.3, -0.25) is 4.79 Å². The molecule has 2 bridgehead atoms. The van der Waals surface area contributed by atoms with E-state index in [2.05, 4.69) is 17.4 Å². The molecule has 0 aromatic heterocycles. The Morgan fingerprint density at radius 3 is 2.34 bits per heavy atom. The number of hydrogen-bond donors (Lipinski definition) is 2. The van der Waals surface area contributed by atoms with Crippen molar-refractivity contribution in [3.63, 3.8) is 0 Å². The van der Waals surface area contributed by atoms with Gasteiger partial charge in [0.2, 0.25) is 5.91 Å². The molecule has 1 aromatic carbocycles. The Morgan fingerprint density at radius 2 is 1.83 bits per heavy atom. The second kappa shape index (κ2) is 9.26. The lowest BCUT2D eigenvalue weighted by atomic mass is 9.51. The minimum absolute atomic E-state index is 0.0312. The lowest BCUT2D eigenvalue weighted by Crippen LogP contribution is -2.52. The van der Waals surface area contributed by atoms with E-state index in [1.54, 1.807) is 7.11 Å². The van der Waals surface area contributed by atoms with Gasteiger partial charge in [0.1, 0.15) is 12.4 Å². The van der Waals surface area contributed by atoms with Crippen molar-refractivity contribution in [3.8, 4) is 5.75 Å². The maximum atomic E-state index is 12.8. The van der Waals surface area contributed by atoms with Crippen molar-refractivity contribution in [1.29, 1.82) is 0 Å². The molecule has 1 aromatic rings. The van der Waals surface area contributed by atoms with Crippen LogP contribution in [-0.2, 0) is 14.9 Å². The number of hydrogen-bond acceptors (Lipinski definition) is 4. The molecule has 3 aliphatic rings. The smallest absolute Gasteiger partial charge is 0.226 e. The van der Waals surface area contributed by atoms with Crippen molar-refractivity contribution in [3.05, 3.63) is 41.7 Å². The zero-order valence-electron chi connectivity index (χ0n) is 17.5. The van der Waals surface area contributed by atoms with Crippen LogP contribution in [0.15, 0.2) is 36.2 Å². The highest BCUT2D eigenvalue weighted by Gasteiger charge is 2.52. The van der Waals surface area contributed by atoms with Crippen molar-refractivity contribution in [1.82, 2.24) is 5.32 Å². The fourth-order valence-electron chi connectivity index (χ4n) is 4.68. The summed E-state index contributed by atoms with van der Waals surface area (Å²) in [5, 5.41) is 3.09. The maximum Gasteiger partial charge on any atom is 0.226 e. The Labute approximate surface area is 172 Å². The Kier molecular flexibility index (Phi) is 6.96. The summed E-state index contributed by atoms with van der Waals surface area (Å²) < 4.78 is 23.5. The van der Waals surface area contributed by atoms with Crippen LogP contribution in [0.5, 0.6) is 5.75 Å². The molecule has 0 saturated heterocycles. The van der Waals surface area contributed by atoms with E-state index in [1.165, 1.54) is 5.56 Å². The normalized spacial score (nSPS) is 27.5. The quantitative estimate of drug-likeness (QED) is 0.659. The van der Waals surface area contributed by atoms with Gasteiger partial charge >= 0.3 is 0 Å². The van der Waals surface area contributed by atoms with Crippen LogP contribution in [0.2, 0.25) is 0 Å². The summed E-state index contributed by atoms with van der Waals surface area (Å²) in [6.07, 6.45) is 6.42. The molecule has 29 heavy (non-hydrogen) atoms. The van der Waals surface area contributed by atoms with Crippen molar-refractivity contribution in [2.24, 2.45) is 11.1 Å². The molecule has 3 aliphatic carbocycles. The third-order valence-electron chi connectivity index (χ3n) is 6.99. The molecule has 0 aliphatic heterocycles. The van der Waals surface area contributed by atoms with Crippen LogP contribution in [0.1, 0.15) is 51.0 Å². The lowest BCUT2D eigenvalue weighted by molar-refractivity contribution is -0.138. The van der Waals surface area contributed by atoms with E-state index in [0.717, 1.165) is 38.5 Å². The number of fused-ring (bicyclic) bond motifs is 3. The van der Waals surface area contributed by atoms with Gasteiger partial charge in [-0.05, 0) is 68.6 Å². The first kappa shape index (κ1) is 21.8. The standard InChI is InChI=1S/C23H33FN2O3/c1-17(28-2)15-26-21(27)23-10-7-22(8-11-23,9-12-23)19-3-5-20(6-4-19)29-16-18(13-24)14-25/h3-6,13,17H,7-12,14-16,25H2,1-2H3,(H,26,27)/b18-13+/t17-,22?,23?/m0/s1. The summed E-state index contributed by atoms with van der Waals surface area (Å²) in [5.74, 6) is 0.903. The summed E-state index contributed by atoms with van der Waals surface area (Å²) in [7, 11) is 1.66. The number of amides is 1. The molecule has 1 amide bonds. The predicted octanol–water partition coefficient (Wildman–Crippen LogP) is 3.62. The van der Waals surface area contributed by atoms with Crippen LogP contribution in [0, 0.1) is 5.41 Å². The number of nitrogens with two attached hydrogens (primary N) is 1. The molecular formula is C23H33FN2O3. The zero-order chi connectivity index (χ0) is 20.9. The van der Waals surface area contributed by atoms with Crippen LogP contribution in [0.25, 0.3) is 0 Å². The van der Waals surface area contributed by atoms with E-state index >= 15 is 0 Å². The third-order valence-corrected chi connectivity index (χ3v) is 6.99. The molecule has 4 rings (SSSR count). The summed E-state index contributed by atoms with van der Waals surface area (Å²) >= 11 is 0. The monoisotopic (exact) mass is 404 g/mol. The maximum absolute atomic E-state index is 12.8. The molecule has 3 fully saturated rings. The van der Waals surface area contributed by atoms with Crippen LogP contribution >= 0.6 is 0 Å². The number of benzene rings is 1. The van der Waals surface area contributed by atoms with Crippen molar-refractivity contribution in [2.75, 3.05) is 26.8 Å². The number of ether oxygens (including phenoxy) is 2. The van der Waals surface area contributed by atoms with Gasteiger partial charge in [-0.25, -0.2) is 4.39 Å². The lowest BCUT2D eigenvalue weighted by Gasteiger charge is -2.52. The summed E-state index contributed by atoms with van der Waals surface area (Å²) in [6, 6.07) is 8.14. The molecule has 0 spiro atoms. The molecule has 0 heterocycles. The zero-order valence-corrected chi connectivity index (χ0v) is 17.5. The van der Waals surface area contributed by atoms with Crippen molar-refractivity contribution < 1.29 is 18.7 Å². The molecule has 1 atom stereocenters. The van der Waals surface area contributed by atoms with Crippen LogP contribution in [0.3, 0.4) is 0 Å². The Hall–Kier alpha value is -1.92. The number of carbonyl (C=O) groups is 1. The highest BCUT2D eigenvalue weighted by molar-refractivity contribution is 5.83. The second-order valence-corrected chi connectivity index (χ2v) is 8.60. The summed E-state index contributed by atoms with van der Waals surface area (Å²) in [6.45, 7) is 2.84. The topological polar surface area (TPSA) is 73.6 Å². The fraction of sp³-hybridized carbons (Fsp3) is 0.609. The van der Waals surface area contributed by atoms with E-state index in [9.17, 15) is 9.18 Å².